The molecule has 0 radical (unpaired) electrons. The largest absolute Gasteiger partial charge is 0.268 e. The highest BCUT2D eigenvalue weighted by molar-refractivity contribution is 7.71. The molecule has 0 saturated carbocycles. The quantitative estimate of drug-likeness (QED) is 0.664. The van der Waals surface area contributed by atoms with Crippen molar-refractivity contribution in [2.45, 2.75) is 6.92 Å². The molecule has 0 unspecified atom stereocenters. The summed E-state index contributed by atoms with van der Waals surface area (Å²) in [6.07, 6.45) is 0. The number of rotatable bonds is 2. The van der Waals surface area contributed by atoms with Crippen LogP contribution in [0.5, 0.6) is 0 Å². The molecule has 1 heterocycles. The van der Waals surface area contributed by atoms with Crippen LogP contribution in [0.1, 0.15) is 5.56 Å². The maximum Gasteiger partial charge on any atom is 0.202 e. The predicted molar refractivity (Wildman–Crippen MR) is 83.5 cm³/mol. The van der Waals surface area contributed by atoms with Crippen LogP contribution < -0.4 is 0 Å². The number of nitrogens with zero attached hydrogens (tertiary/aromatic N) is 3. The van der Waals surface area contributed by atoms with Gasteiger partial charge >= 0.3 is 0 Å². The minimum atomic E-state index is 0.687. The van der Waals surface area contributed by atoms with Crippen molar-refractivity contribution in [1.29, 1.82) is 0 Å². The number of benzene rings is 2. The van der Waals surface area contributed by atoms with Crippen LogP contribution in [0.2, 0.25) is 0 Å². The molecule has 100 valence electrons. The second kappa shape index (κ2) is 5.06. The monoisotopic (exact) mass is 281 g/mol. The van der Waals surface area contributed by atoms with E-state index >= 15 is 0 Å². The van der Waals surface area contributed by atoms with Gasteiger partial charge in [-0.15, -0.1) is 0 Å². The minimum Gasteiger partial charge on any atom is -0.268 e. The summed E-state index contributed by atoms with van der Waals surface area (Å²) in [5.41, 5.74) is 3.32. The summed E-state index contributed by atoms with van der Waals surface area (Å²) < 4.78 is 4.42. The van der Waals surface area contributed by atoms with Gasteiger partial charge in [0.2, 0.25) is 4.77 Å². The molecule has 3 aromatic rings. The number of aromatic nitrogens is 3. The molecule has 3 nitrogen and oxygen atoms in total. The molecule has 0 N–H and O–H groups in total. The van der Waals surface area contributed by atoms with Crippen LogP contribution in [0.15, 0.2) is 54.6 Å². The molecule has 0 atom stereocenters. The Balaban J connectivity index is 2.25. The van der Waals surface area contributed by atoms with Crippen molar-refractivity contribution in [2.24, 2.45) is 7.05 Å². The minimum absolute atomic E-state index is 0.687. The van der Waals surface area contributed by atoms with Gasteiger partial charge in [0.1, 0.15) is 0 Å². The molecule has 0 saturated heterocycles. The number of hydrogen-bond donors (Lipinski definition) is 0. The Labute approximate surface area is 123 Å². The van der Waals surface area contributed by atoms with Gasteiger partial charge in [-0.25, -0.2) is 4.68 Å². The van der Waals surface area contributed by atoms with E-state index < -0.39 is 0 Å². The molecule has 0 aliphatic rings. The van der Waals surface area contributed by atoms with Crippen molar-refractivity contribution in [2.75, 3.05) is 0 Å². The fourth-order valence-corrected chi connectivity index (χ4v) is 2.40. The van der Waals surface area contributed by atoms with Gasteiger partial charge in [0.05, 0.1) is 0 Å². The third kappa shape index (κ3) is 2.18. The summed E-state index contributed by atoms with van der Waals surface area (Å²) in [4.78, 5) is 0. The third-order valence-electron chi connectivity index (χ3n) is 3.25. The van der Waals surface area contributed by atoms with Gasteiger partial charge in [-0.2, -0.15) is 5.10 Å². The molecule has 0 aliphatic carbocycles. The summed E-state index contributed by atoms with van der Waals surface area (Å²) in [5, 5.41) is 4.56. The second-order valence-electron chi connectivity index (χ2n) is 4.77. The molecule has 4 heteroatoms. The molecule has 3 rings (SSSR count). The van der Waals surface area contributed by atoms with E-state index in [0.29, 0.717) is 4.77 Å². The van der Waals surface area contributed by atoms with Crippen molar-refractivity contribution < 1.29 is 0 Å². The Morgan fingerprint density at radius 2 is 1.60 bits per heavy atom. The first-order chi connectivity index (χ1) is 9.66. The highest BCUT2D eigenvalue weighted by Crippen LogP contribution is 2.22. The van der Waals surface area contributed by atoms with Crippen molar-refractivity contribution in [1.82, 2.24) is 14.3 Å². The zero-order chi connectivity index (χ0) is 14.1. The zero-order valence-electron chi connectivity index (χ0n) is 11.4. The molecule has 1 aromatic heterocycles. The van der Waals surface area contributed by atoms with Crippen LogP contribution in [0.3, 0.4) is 0 Å². The first kappa shape index (κ1) is 12.8. The fourth-order valence-electron chi connectivity index (χ4n) is 2.16. The SMILES string of the molecule is Cc1ccc(-c2nn(C)c(=S)n2-c2ccccc2)cc1. The van der Waals surface area contributed by atoms with Crippen LogP contribution in [0.25, 0.3) is 17.1 Å². The lowest BCUT2D eigenvalue weighted by atomic mass is 10.1. The summed E-state index contributed by atoms with van der Waals surface area (Å²) in [6, 6.07) is 18.4. The van der Waals surface area contributed by atoms with Crippen molar-refractivity contribution in [3.63, 3.8) is 0 Å². The topological polar surface area (TPSA) is 22.8 Å². The lowest BCUT2D eigenvalue weighted by molar-refractivity contribution is 0.750. The maximum atomic E-state index is 5.49. The molecule has 20 heavy (non-hydrogen) atoms. The fraction of sp³-hybridized carbons (Fsp3) is 0.125. The Kier molecular flexibility index (Phi) is 3.24. The van der Waals surface area contributed by atoms with Crippen LogP contribution in [0.4, 0.5) is 0 Å². The number of aryl methyl sites for hydroxylation is 2. The Bertz CT molecular complexity index is 783. The molecule has 0 spiro atoms. The molecular weight excluding hydrogens is 266 g/mol. The molecule has 0 amide bonds. The van der Waals surface area contributed by atoms with E-state index in [1.807, 2.05) is 41.9 Å². The first-order valence-electron chi connectivity index (χ1n) is 6.45. The lowest BCUT2D eigenvalue weighted by Crippen LogP contribution is -1.97. The van der Waals surface area contributed by atoms with Crippen LogP contribution >= 0.6 is 12.2 Å². The van der Waals surface area contributed by atoms with E-state index in [2.05, 4.69) is 36.3 Å². The van der Waals surface area contributed by atoms with Crippen LogP contribution in [0, 0.1) is 11.7 Å². The molecule has 0 aliphatic heterocycles. The maximum absolute atomic E-state index is 5.49. The standard InChI is InChI=1S/C16H15N3S/c1-12-8-10-13(11-9-12)15-17-18(2)16(20)19(15)14-6-4-3-5-7-14/h3-11H,1-2H3. The normalized spacial score (nSPS) is 10.7. The predicted octanol–water partition coefficient (Wildman–Crippen LogP) is 3.92. The van der Waals surface area contributed by atoms with Gasteiger partial charge in [0, 0.05) is 18.3 Å². The van der Waals surface area contributed by atoms with Gasteiger partial charge in [0.15, 0.2) is 5.82 Å². The van der Waals surface area contributed by atoms with Crippen LogP contribution in [-0.4, -0.2) is 14.3 Å². The molecular formula is C16H15N3S. The number of para-hydroxylation sites is 1. The molecule has 2 aromatic carbocycles. The van der Waals surface area contributed by atoms with Gasteiger partial charge < -0.3 is 0 Å². The lowest BCUT2D eigenvalue weighted by Gasteiger charge is -2.06. The van der Waals surface area contributed by atoms with Crippen molar-refractivity contribution >= 4 is 12.2 Å². The van der Waals surface area contributed by atoms with E-state index in [1.165, 1.54) is 5.56 Å². The Morgan fingerprint density at radius 3 is 2.25 bits per heavy atom. The third-order valence-corrected chi connectivity index (χ3v) is 3.70. The Morgan fingerprint density at radius 1 is 0.950 bits per heavy atom. The van der Waals surface area contributed by atoms with Crippen LogP contribution in [-0.2, 0) is 7.05 Å². The molecule has 0 fully saturated rings. The van der Waals surface area contributed by atoms with Crippen molar-refractivity contribution in [3.8, 4) is 17.1 Å². The van der Waals surface area contributed by atoms with Gasteiger partial charge in [-0.1, -0.05) is 48.0 Å². The van der Waals surface area contributed by atoms with Crippen molar-refractivity contribution in [3.05, 3.63) is 64.9 Å². The highest BCUT2D eigenvalue weighted by Gasteiger charge is 2.12. The summed E-state index contributed by atoms with van der Waals surface area (Å²) >= 11 is 5.49. The first-order valence-corrected chi connectivity index (χ1v) is 6.86. The average molecular weight is 281 g/mol. The van der Waals surface area contributed by atoms with E-state index in [9.17, 15) is 0 Å². The average Bonchev–Trinajstić information content (AvgIpc) is 2.77. The smallest absolute Gasteiger partial charge is 0.202 e. The number of hydrogen-bond acceptors (Lipinski definition) is 2. The summed E-state index contributed by atoms with van der Waals surface area (Å²) in [5.74, 6) is 0.865. The Hall–Kier alpha value is -2.20. The second-order valence-corrected chi connectivity index (χ2v) is 5.13. The summed E-state index contributed by atoms with van der Waals surface area (Å²) in [7, 11) is 1.87. The van der Waals surface area contributed by atoms with E-state index in [4.69, 9.17) is 12.2 Å². The van der Waals surface area contributed by atoms with Gasteiger partial charge in [-0.05, 0) is 31.3 Å². The zero-order valence-corrected chi connectivity index (χ0v) is 12.3. The molecule has 0 bridgehead atoms. The summed E-state index contributed by atoms with van der Waals surface area (Å²) in [6.45, 7) is 2.08. The highest BCUT2D eigenvalue weighted by atomic mass is 32.1. The van der Waals surface area contributed by atoms with Gasteiger partial charge in [-0.3, -0.25) is 4.57 Å². The van der Waals surface area contributed by atoms with E-state index in [0.717, 1.165) is 17.1 Å². The van der Waals surface area contributed by atoms with E-state index in [1.54, 1.807) is 4.68 Å². The van der Waals surface area contributed by atoms with E-state index in [-0.39, 0.29) is 0 Å². The van der Waals surface area contributed by atoms with Gasteiger partial charge in [0.25, 0.3) is 0 Å².